The summed E-state index contributed by atoms with van der Waals surface area (Å²) in [4.78, 5) is 24.6. The molecule has 20 heavy (non-hydrogen) atoms. The van der Waals surface area contributed by atoms with E-state index in [4.69, 9.17) is 9.47 Å². The normalized spacial score (nSPS) is 13.9. The number of methoxy groups -OCH3 is 1. The lowest BCUT2D eigenvalue weighted by atomic mass is 10.1. The maximum atomic E-state index is 11.5. The molecule has 0 aliphatic carbocycles. The molecule has 5 nitrogen and oxygen atoms in total. The molecule has 1 heterocycles. The fraction of sp³-hybridized carbons (Fsp3) is 0.467. The van der Waals surface area contributed by atoms with E-state index in [1.165, 1.54) is 0 Å². The van der Waals surface area contributed by atoms with Crippen molar-refractivity contribution in [2.45, 2.75) is 26.2 Å². The number of benzene rings is 1. The monoisotopic (exact) mass is 277 g/mol. The average molecular weight is 277 g/mol. The van der Waals surface area contributed by atoms with Crippen LogP contribution in [0.25, 0.3) is 0 Å². The number of hydrogen-bond donors (Lipinski definition) is 0. The number of amides is 1. The SMILES string of the molecule is CCOC(=O)CCc1cc(N2CCC2=O)ccc1OC. The Morgan fingerprint density at radius 2 is 2.20 bits per heavy atom. The van der Waals surface area contributed by atoms with E-state index < -0.39 is 0 Å². The number of aryl methyl sites for hydroxylation is 1. The molecular weight excluding hydrogens is 258 g/mol. The van der Waals surface area contributed by atoms with Gasteiger partial charge in [-0.25, -0.2) is 0 Å². The Balaban J connectivity index is 2.10. The molecule has 0 N–H and O–H groups in total. The minimum atomic E-state index is -0.222. The third kappa shape index (κ3) is 3.10. The molecule has 0 bridgehead atoms. The fourth-order valence-electron chi connectivity index (χ4n) is 2.19. The quantitative estimate of drug-likeness (QED) is 0.589. The maximum Gasteiger partial charge on any atom is 0.306 e. The first kappa shape index (κ1) is 14.4. The van der Waals surface area contributed by atoms with Crippen LogP contribution >= 0.6 is 0 Å². The van der Waals surface area contributed by atoms with E-state index in [2.05, 4.69) is 0 Å². The molecule has 0 saturated carbocycles. The van der Waals surface area contributed by atoms with E-state index in [1.807, 2.05) is 18.2 Å². The van der Waals surface area contributed by atoms with Gasteiger partial charge in [0, 0.05) is 25.1 Å². The Morgan fingerprint density at radius 3 is 2.75 bits per heavy atom. The number of nitrogens with zero attached hydrogens (tertiary/aromatic N) is 1. The first-order valence-corrected chi connectivity index (χ1v) is 6.78. The highest BCUT2D eigenvalue weighted by Crippen LogP contribution is 2.29. The van der Waals surface area contributed by atoms with Gasteiger partial charge in [0.25, 0.3) is 0 Å². The van der Waals surface area contributed by atoms with E-state index >= 15 is 0 Å². The first-order chi connectivity index (χ1) is 9.65. The highest BCUT2D eigenvalue weighted by molar-refractivity contribution is 5.99. The van der Waals surface area contributed by atoms with Crippen LogP contribution in [0.5, 0.6) is 5.75 Å². The Kier molecular flexibility index (Phi) is 4.61. The zero-order valence-electron chi connectivity index (χ0n) is 11.8. The molecule has 1 saturated heterocycles. The lowest BCUT2D eigenvalue weighted by Gasteiger charge is -2.31. The van der Waals surface area contributed by atoms with Gasteiger partial charge >= 0.3 is 5.97 Å². The van der Waals surface area contributed by atoms with Crippen molar-refractivity contribution in [1.82, 2.24) is 0 Å². The predicted octanol–water partition coefficient (Wildman–Crippen LogP) is 1.93. The van der Waals surface area contributed by atoms with Crippen LogP contribution < -0.4 is 9.64 Å². The van der Waals surface area contributed by atoms with Crippen molar-refractivity contribution in [2.24, 2.45) is 0 Å². The zero-order valence-corrected chi connectivity index (χ0v) is 11.8. The van der Waals surface area contributed by atoms with Crippen LogP contribution in [0.2, 0.25) is 0 Å². The summed E-state index contributed by atoms with van der Waals surface area (Å²) < 4.78 is 10.2. The Bertz CT molecular complexity index is 513. The third-order valence-electron chi connectivity index (χ3n) is 3.33. The molecule has 0 spiro atoms. The number of anilines is 1. The molecule has 0 radical (unpaired) electrons. The summed E-state index contributed by atoms with van der Waals surface area (Å²) in [5, 5.41) is 0. The van der Waals surface area contributed by atoms with E-state index in [9.17, 15) is 9.59 Å². The highest BCUT2D eigenvalue weighted by Gasteiger charge is 2.25. The number of ether oxygens (including phenoxy) is 2. The van der Waals surface area contributed by atoms with Gasteiger partial charge in [0.1, 0.15) is 5.75 Å². The van der Waals surface area contributed by atoms with Crippen LogP contribution in [0, 0.1) is 0 Å². The van der Waals surface area contributed by atoms with Crippen molar-refractivity contribution >= 4 is 17.6 Å². The predicted molar refractivity (Wildman–Crippen MR) is 74.9 cm³/mol. The van der Waals surface area contributed by atoms with Crippen molar-refractivity contribution in [3.8, 4) is 5.75 Å². The van der Waals surface area contributed by atoms with Crippen LogP contribution in [0.3, 0.4) is 0 Å². The van der Waals surface area contributed by atoms with Gasteiger partial charge < -0.3 is 14.4 Å². The minimum Gasteiger partial charge on any atom is -0.496 e. The molecule has 1 aliphatic rings. The van der Waals surface area contributed by atoms with Crippen molar-refractivity contribution in [1.29, 1.82) is 0 Å². The Hall–Kier alpha value is -2.04. The Morgan fingerprint density at radius 1 is 1.40 bits per heavy atom. The number of rotatable bonds is 6. The standard InChI is InChI=1S/C15H19NO4/c1-3-20-15(18)7-4-11-10-12(5-6-13(11)19-2)16-9-8-14(16)17/h5-6,10H,3-4,7-9H2,1-2H3. The van der Waals surface area contributed by atoms with Gasteiger partial charge in [0.15, 0.2) is 0 Å². The lowest BCUT2D eigenvalue weighted by Crippen LogP contribution is -2.43. The number of carbonyl (C=O) groups excluding carboxylic acids is 2. The summed E-state index contributed by atoms with van der Waals surface area (Å²) in [5.41, 5.74) is 1.78. The van der Waals surface area contributed by atoms with Gasteiger partial charge in [-0.05, 0) is 37.1 Å². The van der Waals surface area contributed by atoms with Crippen molar-refractivity contribution in [3.05, 3.63) is 23.8 Å². The highest BCUT2D eigenvalue weighted by atomic mass is 16.5. The topological polar surface area (TPSA) is 55.8 Å². The number of β-lactam (4-membered cyclic amide) rings is 1. The number of esters is 1. The van der Waals surface area contributed by atoms with Crippen LogP contribution in [0.4, 0.5) is 5.69 Å². The van der Waals surface area contributed by atoms with Crippen molar-refractivity contribution in [2.75, 3.05) is 25.2 Å². The largest absolute Gasteiger partial charge is 0.496 e. The van der Waals surface area contributed by atoms with Gasteiger partial charge in [-0.3, -0.25) is 9.59 Å². The van der Waals surface area contributed by atoms with E-state index in [0.717, 1.165) is 23.5 Å². The first-order valence-electron chi connectivity index (χ1n) is 6.78. The summed E-state index contributed by atoms with van der Waals surface area (Å²) in [6.07, 6.45) is 1.45. The zero-order chi connectivity index (χ0) is 14.5. The summed E-state index contributed by atoms with van der Waals surface area (Å²) in [7, 11) is 1.59. The van der Waals surface area contributed by atoms with Gasteiger partial charge in [-0.15, -0.1) is 0 Å². The summed E-state index contributed by atoms with van der Waals surface area (Å²) in [5.74, 6) is 0.637. The smallest absolute Gasteiger partial charge is 0.306 e. The second kappa shape index (κ2) is 6.41. The molecule has 1 aromatic rings. The fourth-order valence-corrected chi connectivity index (χ4v) is 2.19. The minimum absolute atomic E-state index is 0.131. The number of carbonyl (C=O) groups is 2. The molecule has 0 atom stereocenters. The summed E-state index contributed by atoms with van der Waals surface area (Å²) >= 11 is 0. The van der Waals surface area contributed by atoms with Crippen LogP contribution in [0.1, 0.15) is 25.3 Å². The Labute approximate surface area is 118 Å². The van der Waals surface area contributed by atoms with Crippen LogP contribution in [-0.4, -0.2) is 32.1 Å². The van der Waals surface area contributed by atoms with Gasteiger partial charge in [-0.2, -0.15) is 0 Å². The molecule has 108 valence electrons. The summed E-state index contributed by atoms with van der Waals surface area (Å²) in [6, 6.07) is 5.61. The number of hydrogen-bond acceptors (Lipinski definition) is 4. The van der Waals surface area contributed by atoms with E-state index in [-0.39, 0.29) is 11.9 Å². The van der Waals surface area contributed by atoms with Crippen molar-refractivity contribution in [3.63, 3.8) is 0 Å². The lowest BCUT2D eigenvalue weighted by molar-refractivity contribution is -0.143. The average Bonchev–Trinajstić information content (AvgIpc) is 2.44. The van der Waals surface area contributed by atoms with E-state index in [0.29, 0.717) is 25.9 Å². The van der Waals surface area contributed by atoms with E-state index in [1.54, 1.807) is 18.9 Å². The molecule has 1 fully saturated rings. The van der Waals surface area contributed by atoms with Gasteiger partial charge in [-0.1, -0.05) is 0 Å². The summed E-state index contributed by atoms with van der Waals surface area (Å²) in [6.45, 7) is 2.93. The molecule has 0 unspecified atom stereocenters. The van der Waals surface area contributed by atoms with Crippen LogP contribution in [-0.2, 0) is 20.7 Å². The molecule has 5 heteroatoms. The van der Waals surface area contributed by atoms with Crippen molar-refractivity contribution < 1.29 is 19.1 Å². The molecule has 0 aromatic heterocycles. The molecule has 1 aliphatic heterocycles. The molecule has 2 rings (SSSR count). The third-order valence-corrected chi connectivity index (χ3v) is 3.33. The molecule has 1 amide bonds. The molecule has 1 aromatic carbocycles. The van der Waals surface area contributed by atoms with Gasteiger partial charge in [0.2, 0.25) is 5.91 Å². The van der Waals surface area contributed by atoms with Crippen LogP contribution in [0.15, 0.2) is 18.2 Å². The van der Waals surface area contributed by atoms with Gasteiger partial charge in [0.05, 0.1) is 13.7 Å². The molecular formula is C15H19NO4. The second-order valence-corrected chi connectivity index (χ2v) is 4.60. The second-order valence-electron chi connectivity index (χ2n) is 4.60. The maximum absolute atomic E-state index is 11.5.